The van der Waals surface area contributed by atoms with Gasteiger partial charge < -0.3 is 20.4 Å². The Morgan fingerprint density at radius 1 is 1.33 bits per heavy atom. The summed E-state index contributed by atoms with van der Waals surface area (Å²) in [6, 6.07) is 4.77. The number of carbonyl (C=O) groups is 2. The molecule has 0 radical (unpaired) electrons. The van der Waals surface area contributed by atoms with Crippen LogP contribution in [0.4, 0.5) is 4.39 Å². The van der Waals surface area contributed by atoms with Crippen molar-refractivity contribution < 1.29 is 28.6 Å². The molecular formula is C14H16FNO5. The molecule has 21 heavy (non-hydrogen) atoms. The molecule has 0 aliphatic heterocycles. The predicted octanol–water partition coefficient (Wildman–Crippen LogP) is 2.18. The number of aliphatic carboxylic acids is 2. The van der Waals surface area contributed by atoms with Gasteiger partial charge >= 0.3 is 11.9 Å². The van der Waals surface area contributed by atoms with Gasteiger partial charge in [0.2, 0.25) is 0 Å². The van der Waals surface area contributed by atoms with Crippen LogP contribution in [0.2, 0.25) is 0 Å². The first-order valence-corrected chi connectivity index (χ1v) is 6.23. The summed E-state index contributed by atoms with van der Waals surface area (Å²) < 4.78 is 18.7. The summed E-state index contributed by atoms with van der Waals surface area (Å²) in [4.78, 5) is 18.2. The lowest BCUT2D eigenvalue weighted by Crippen LogP contribution is -2.11. The van der Waals surface area contributed by atoms with Gasteiger partial charge in [-0.25, -0.2) is 14.0 Å². The maximum absolute atomic E-state index is 13.3. The number of benzene rings is 1. The van der Waals surface area contributed by atoms with Gasteiger partial charge in [0.1, 0.15) is 11.4 Å². The van der Waals surface area contributed by atoms with Gasteiger partial charge in [-0.15, -0.1) is 0 Å². The molecule has 114 valence electrons. The molecule has 0 saturated carbocycles. The van der Waals surface area contributed by atoms with Crippen LogP contribution in [-0.4, -0.2) is 28.7 Å². The molecule has 0 aliphatic carbocycles. The molecule has 2 rings (SSSR count). The molecule has 6 nitrogen and oxygen atoms in total. The molecule has 0 spiro atoms. The highest BCUT2D eigenvalue weighted by atomic mass is 19.1. The van der Waals surface area contributed by atoms with E-state index in [1.54, 1.807) is 12.3 Å². The van der Waals surface area contributed by atoms with Crippen molar-refractivity contribution >= 4 is 22.9 Å². The van der Waals surface area contributed by atoms with Crippen molar-refractivity contribution in [3.8, 4) is 0 Å². The fraction of sp³-hybridized carbons (Fsp3) is 0.286. The Bertz CT molecular complexity index is 621. The summed E-state index contributed by atoms with van der Waals surface area (Å²) in [7, 11) is 0. The number of halogens is 1. The fourth-order valence-electron chi connectivity index (χ4n) is 1.89. The molecule has 0 fully saturated rings. The number of furan rings is 1. The summed E-state index contributed by atoms with van der Waals surface area (Å²) in [5.41, 5.74) is 7.29. The molecule has 4 N–H and O–H groups in total. The van der Waals surface area contributed by atoms with Gasteiger partial charge in [-0.2, -0.15) is 0 Å². The van der Waals surface area contributed by atoms with Gasteiger partial charge in [0.15, 0.2) is 0 Å². The van der Waals surface area contributed by atoms with Crippen LogP contribution in [0.5, 0.6) is 0 Å². The van der Waals surface area contributed by atoms with Gasteiger partial charge in [-0.05, 0) is 37.1 Å². The standard InChI is InChI=1S/C12H14FNO.C2H2O4/c1-2-8(7-14)11-6-10(13)5-9-3-4-15-12(9)11;3-1(4)2(5)6/h3-6,8H,2,7,14H2,1H3;(H,3,4)(H,5,6). The Morgan fingerprint density at radius 2 is 1.95 bits per heavy atom. The molecule has 7 heteroatoms. The van der Waals surface area contributed by atoms with E-state index in [1.165, 1.54) is 12.1 Å². The van der Waals surface area contributed by atoms with Gasteiger partial charge in [-0.3, -0.25) is 0 Å². The zero-order valence-corrected chi connectivity index (χ0v) is 11.4. The second-order valence-corrected chi connectivity index (χ2v) is 4.29. The van der Waals surface area contributed by atoms with Crippen LogP contribution in [0.25, 0.3) is 11.0 Å². The van der Waals surface area contributed by atoms with Gasteiger partial charge in [-0.1, -0.05) is 6.92 Å². The number of nitrogens with two attached hydrogens (primary N) is 1. The first-order chi connectivity index (χ1) is 9.90. The minimum atomic E-state index is -1.82. The molecule has 1 aromatic heterocycles. The zero-order valence-electron chi connectivity index (χ0n) is 11.4. The summed E-state index contributed by atoms with van der Waals surface area (Å²) in [6.45, 7) is 2.55. The van der Waals surface area contributed by atoms with Crippen LogP contribution in [0, 0.1) is 5.82 Å². The Hall–Kier alpha value is -2.41. The lowest BCUT2D eigenvalue weighted by Gasteiger charge is -2.12. The van der Waals surface area contributed by atoms with Crippen molar-refractivity contribution in [1.82, 2.24) is 0 Å². The summed E-state index contributed by atoms with van der Waals surface area (Å²) in [6.07, 6.45) is 2.46. The van der Waals surface area contributed by atoms with Crippen molar-refractivity contribution in [3.63, 3.8) is 0 Å². The number of carboxylic acid groups (broad SMARTS) is 2. The third-order valence-corrected chi connectivity index (χ3v) is 2.94. The van der Waals surface area contributed by atoms with Crippen molar-refractivity contribution in [3.05, 3.63) is 35.8 Å². The highest BCUT2D eigenvalue weighted by molar-refractivity contribution is 6.27. The molecule has 1 heterocycles. The van der Waals surface area contributed by atoms with E-state index in [0.717, 1.165) is 23.0 Å². The summed E-state index contributed by atoms with van der Waals surface area (Å²) in [5.74, 6) is -3.72. The van der Waals surface area contributed by atoms with Crippen LogP contribution in [-0.2, 0) is 9.59 Å². The molecule has 0 aliphatic rings. The number of rotatable bonds is 3. The highest BCUT2D eigenvalue weighted by Gasteiger charge is 2.14. The molecule has 2 aromatic rings. The molecular weight excluding hydrogens is 281 g/mol. The minimum absolute atomic E-state index is 0.161. The number of carboxylic acids is 2. The smallest absolute Gasteiger partial charge is 0.414 e. The third-order valence-electron chi connectivity index (χ3n) is 2.94. The Balaban J connectivity index is 0.000000315. The maximum Gasteiger partial charge on any atom is 0.414 e. The van der Waals surface area contributed by atoms with Crippen LogP contribution < -0.4 is 5.73 Å². The van der Waals surface area contributed by atoms with E-state index in [1.807, 2.05) is 6.92 Å². The lowest BCUT2D eigenvalue weighted by atomic mass is 9.95. The van der Waals surface area contributed by atoms with E-state index in [4.69, 9.17) is 30.0 Å². The van der Waals surface area contributed by atoms with E-state index < -0.39 is 11.9 Å². The number of hydrogen-bond acceptors (Lipinski definition) is 4. The van der Waals surface area contributed by atoms with E-state index in [0.29, 0.717) is 6.54 Å². The fourth-order valence-corrected chi connectivity index (χ4v) is 1.89. The highest BCUT2D eigenvalue weighted by Crippen LogP contribution is 2.29. The Morgan fingerprint density at radius 3 is 2.43 bits per heavy atom. The van der Waals surface area contributed by atoms with Crippen molar-refractivity contribution in [2.75, 3.05) is 6.54 Å². The van der Waals surface area contributed by atoms with E-state index in [-0.39, 0.29) is 11.7 Å². The quantitative estimate of drug-likeness (QED) is 0.748. The minimum Gasteiger partial charge on any atom is -0.473 e. The lowest BCUT2D eigenvalue weighted by molar-refractivity contribution is -0.159. The van der Waals surface area contributed by atoms with Crippen LogP contribution >= 0.6 is 0 Å². The molecule has 1 unspecified atom stereocenters. The van der Waals surface area contributed by atoms with Crippen LogP contribution in [0.3, 0.4) is 0 Å². The normalized spacial score (nSPS) is 11.6. The van der Waals surface area contributed by atoms with Crippen LogP contribution in [0.15, 0.2) is 28.9 Å². The van der Waals surface area contributed by atoms with E-state index in [9.17, 15) is 4.39 Å². The first kappa shape index (κ1) is 16.6. The van der Waals surface area contributed by atoms with E-state index >= 15 is 0 Å². The van der Waals surface area contributed by atoms with Crippen molar-refractivity contribution in [1.29, 1.82) is 0 Å². The van der Waals surface area contributed by atoms with Gasteiger partial charge in [0, 0.05) is 10.9 Å². The summed E-state index contributed by atoms with van der Waals surface area (Å²) in [5, 5.41) is 15.6. The van der Waals surface area contributed by atoms with Crippen molar-refractivity contribution in [2.24, 2.45) is 5.73 Å². The summed E-state index contributed by atoms with van der Waals surface area (Å²) >= 11 is 0. The van der Waals surface area contributed by atoms with Crippen LogP contribution in [0.1, 0.15) is 24.8 Å². The molecule has 0 saturated heterocycles. The SMILES string of the molecule is CCC(CN)c1cc(F)cc2ccoc12.O=C(O)C(=O)O. The zero-order chi connectivity index (χ0) is 16.0. The predicted molar refractivity (Wildman–Crippen MR) is 73.5 cm³/mol. The maximum atomic E-state index is 13.3. The second-order valence-electron chi connectivity index (χ2n) is 4.29. The monoisotopic (exact) mass is 297 g/mol. The second kappa shape index (κ2) is 7.39. The number of hydrogen-bond donors (Lipinski definition) is 3. The van der Waals surface area contributed by atoms with Gasteiger partial charge in [0.05, 0.1) is 6.26 Å². The largest absolute Gasteiger partial charge is 0.473 e. The Labute approximate surface area is 120 Å². The average Bonchev–Trinajstić information content (AvgIpc) is 2.88. The molecule has 1 aromatic carbocycles. The Kier molecular flexibility index (Phi) is 5.86. The molecule has 0 bridgehead atoms. The van der Waals surface area contributed by atoms with E-state index in [2.05, 4.69) is 0 Å². The molecule has 0 amide bonds. The van der Waals surface area contributed by atoms with Crippen molar-refractivity contribution in [2.45, 2.75) is 19.3 Å². The average molecular weight is 297 g/mol. The topological polar surface area (TPSA) is 114 Å². The van der Waals surface area contributed by atoms with Gasteiger partial charge in [0.25, 0.3) is 0 Å². The first-order valence-electron chi connectivity index (χ1n) is 6.23. The number of fused-ring (bicyclic) bond motifs is 1. The molecule has 1 atom stereocenters. The third kappa shape index (κ3) is 4.28.